The van der Waals surface area contributed by atoms with Crippen molar-refractivity contribution in [3.63, 3.8) is 0 Å². The van der Waals surface area contributed by atoms with Crippen LogP contribution in [0.2, 0.25) is 0 Å². The molecule has 1 aromatic carbocycles. The quantitative estimate of drug-likeness (QED) is 0.805. The van der Waals surface area contributed by atoms with Crippen molar-refractivity contribution < 1.29 is 4.79 Å². The first-order valence-electron chi connectivity index (χ1n) is 10.3. The lowest BCUT2D eigenvalue weighted by Gasteiger charge is -2.68. The van der Waals surface area contributed by atoms with Crippen LogP contribution < -0.4 is 0 Å². The van der Waals surface area contributed by atoms with Crippen LogP contribution in [0.15, 0.2) is 24.3 Å². The number of ketones is 1. The number of hydrogen-bond acceptors (Lipinski definition) is 3. The summed E-state index contributed by atoms with van der Waals surface area (Å²) in [6, 6.07) is 9.20. The number of carbonyl (C=O) groups excluding carboxylic acids is 1. The standard InChI is InChI=1S/C23H34N2O/c1-15(2)18-7-9-19(10-8-18)20-24-11-22(16(3)4)12-25(20)14-23(13-24,17(5)6)21(22)26/h7-10,15-17,20H,11-14H2,1-6H3. The van der Waals surface area contributed by atoms with Gasteiger partial charge in [-0.3, -0.25) is 14.6 Å². The molecule has 26 heavy (non-hydrogen) atoms. The maximum atomic E-state index is 13.6. The molecule has 5 rings (SSSR count). The molecule has 4 aliphatic rings. The monoisotopic (exact) mass is 354 g/mol. The molecule has 4 heterocycles. The minimum atomic E-state index is -0.185. The van der Waals surface area contributed by atoms with E-state index in [0.29, 0.717) is 29.7 Å². The van der Waals surface area contributed by atoms with Crippen LogP contribution in [-0.4, -0.2) is 41.8 Å². The Bertz CT molecular complexity index is 657. The number of hydrogen-bond donors (Lipinski definition) is 0. The highest BCUT2D eigenvalue weighted by atomic mass is 16.1. The highest BCUT2D eigenvalue weighted by Crippen LogP contribution is 2.57. The molecule has 4 fully saturated rings. The van der Waals surface area contributed by atoms with Crippen molar-refractivity contribution in [1.29, 1.82) is 0 Å². The molecule has 142 valence electrons. The fraction of sp³-hybridized carbons (Fsp3) is 0.696. The molecule has 4 aliphatic heterocycles. The number of nitrogens with zero attached hydrogens (tertiary/aromatic N) is 2. The van der Waals surface area contributed by atoms with Crippen LogP contribution in [0.1, 0.15) is 64.8 Å². The van der Waals surface area contributed by atoms with Crippen molar-refractivity contribution in [2.45, 2.75) is 53.6 Å². The number of Topliss-reactive ketones (excluding diaryl/α,β-unsaturated/α-hetero) is 1. The Balaban J connectivity index is 1.73. The van der Waals surface area contributed by atoms with Crippen molar-refractivity contribution >= 4 is 5.78 Å². The molecule has 0 radical (unpaired) electrons. The summed E-state index contributed by atoms with van der Waals surface area (Å²) in [5.74, 6) is 1.90. The van der Waals surface area contributed by atoms with Gasteiger partial charge in [-0.05, 0) is 28.9 Å². The summed E-state index contributed by atoms with van der Waals surface area (Å²) >= 11 is 0. The highest BCUT2D eigenvalue weighted by Gasteiger charge is 2.67. The molecule has 3 heteroatoms. The van der Waals surface area contributed by atoms with Crippen molar-refractivity contribution in [2.75, 3.05) is 26.2 Å². The van der Waals surface area contributed by atoms with Gasteiger partial charge in [0.2, 0.25) is 0 Å². The lowest BCUT2D eigenvalue weighted by molar-refractivity contribution is -0.217. The van der Waals surface area contributed by atoms with Crippen LogP contribution >= 0.6 is 0 Å². The summed E-state index contributed by atoms with van der Waals surface area (Å²) in [5, 5.41) is 0. The first kappa shape index (κ1) is 18.2. The van der Waals surface area contributed by atoms with Gasteiger partial charge in [0.1, 0.15) is 0 Å². The SMILES string of the molecule is CC(C)c1ccc(C2N3CC4(C(C)C)CN2CC(C(C)C)(C3)C4=O)cc1. The number of rotatable bonds is 4. The second-order valence-corrected chi connectivity index (χ2v) is 9.96. The van der Waals surface area contributed by atoms with E-state index in [-0.39, 0.29) is 10.8 Å². The van der Waals surface area contributed by atoms with Gasteiger partial charge < -0.3 is 0 Å². The summed E-state index contributed by atoms with van der Waals surface area (Å²) < 4.78 is 0. The minimum Gasteiger partial charge on any atom is -0.298 e. The Morgan fingerprint density at radius 1 is 0.808 bits per heavy atom. The molecule has 4 saturated heterocycles. The molecule has 3 nitrogen and oxygen atoms in total. The van der Waals surface area contributed by atoms with Gasteiger partial charge in [-0.2, -0.15) is 0 Å². The van der Waals surface area contributed by atoms with E-state index in [1.54, 1.807) is 0 Å². The largest absolute Gasteiger partial charge is 0.298 e. The van der Waals surface area contributed by atoms with E-state index in [2.05, 4.69) is 75.6 Å². The molecule has 0 amide bonds. The normalized spacial score (nSPS) is 38.8. The van der Waals surface area contributed by atoms with E-state index in [1.807, 2.05) is 0 Å². The van der Waals surface area contributed by atoms with Gasteiger partial charge in [0.25, 0.3) is 0 Å². The van der Waals surface area contributed by atoms with Crippen LogP contribution in [0, 0.1) is 22.7 Å². The lowest BCUT2D eigenvalue weighted by atomic mass is 9.53. The van der Waals surface area contributed by atoms with Gasteiger partial charge in [-0.15, -0.1) is 0 Å². The third-order valence-corrected chi connectivity index (χ3v) is 7.65. The van der Waals surface area contributed by atoms with Gasteiger partial charge in [0.15, 0.2) is 5.78 Å². The lowest BCUT2D eigenvalue weighted by Crippen LogP contribution is -2.78. The minimum absolute atomic E-state index is 0.185. The van der Waals surface area contributed by atoms with E-state index in [4.69, 9.17) is 0 Å². The van der Waals surface area contributed by atoms with Crippen LogP contribution in [0.4, 0.5) is 0 Å². The van der Waals surface area contributed by atoms with Gasteiger partial charge in [-0.25, -0.2) is 0 Å². The van der Waals surface area contributed by atoms with Gasteiger partial charge in [0.05, 0.1) is 17.0 Å². The summed E-state index contributed by atoms with van der Waals surface area (Å²) in [4.78, 5) is 18.8. The molecule has 0 aromatic heterocycles. The topological polar surface area (TPSA) is 23.6 Å². The Hall–Kier alpha value is -1.19. The summed E-state index contributed by atoms with van der Waals surface area (Å²) in [6.45, 7) is 17.2. The fourth-order valence-electron chi connectivity index (χ4n) is 5.75. The third kappa shape index (κ3) is 2.29. The van der Waals surface area contributed by atoms with Crippen LogP contribution in [-0.2, 0) is 4.79 Å². The fourth-order valence-corrected chi connectivity index (χ4v) is 5.75. The number of piperidine rings is 2. The van der Waals surface area contributed by atoms with E-state index in [9.17, 15) is 4.79 Å². The van der Waals surface area contributed by atoms with Gasteiger partial charge >= 0.3 is 0 Å². The second-order valence-electron chi connectivity index (χ2n) is 9.96. The van der Waals surface area contributed by atoms with E-state index in [0.717, 1.165) is 26.2 Å². The van der Waals surface area contributed by atoms with Gasteiger partial charge in [-0.1, -0.05) is 65.8 Å². The highest BCUT2D eigenvalue weighted by molar-refractivity contribution is 5.94. The molecular formula is C23H34N2O. The Morgan fingerprint density at radius 3 is 1.58 bits per heavy atom. The Kier molecular flexibility index (Phi) is 4.13. The summed E-state index contributed by atoms with van der Waals surface area (Å²) in [6.07, 6.45) is 0.336. The molecule has 0 atom stereocenters. The Labute approximate surface area is 158 Å². The molecule has 0 unspecified atom stereocenters. The van der Waals surface area contributed by atoms with Crippen molar-refractivity contribution in [3.8, 4) is 0 Å². The van der Waals surface area contributed by atoms with Crippen molar-refractivity contribution in [1.82, 2.24) is 9.80 Å². The summed E-state index contributed by atoms with van der Waals surface area (Å²) in [5.41, 5.74) is 2.41. The third-order valence-electron chi connectivity index (χ3n) is 7.65. The zero-order valence-electron chi connectivity index (χ0n) is 17.2. The van der Waals surface area contributed by atoms with Crippen LogP contribution in [0.3, 0.4) is 0 Å². The zero-order valence-corrected chi connectivity index (χ0v) is 17.2. The Morgan fingerprint density at radius 2 is 1.23 bits per heavy atom. The number of carbonyl (C=O) groups is 1. The smallest absolute Gasteiger partial charge is 0.150 e. The zero-order chi connectivity index (χ0) is 18.9. The molecule has 1 aromatic rings. The van der Waals surface area contributed by atoms with Crippen LogP contribution in [0.5, 0.6) is 0 Å². The van der Waals surface area contributed by atoms with Gasteiger partial charge in [0, 0.05) is 26.2 Å². The molecular weight excluding hydrogens is 320 g/mol. The van der Waals surface area contributed by atoms with E-state index in [1.165, 1.54) is 11.1 Å². The van der Waals surface area contributed by atoms with Crippen molar-refractivity contribution in [3.05, 3.63) is 35.4 Å². The molecule has 0 aliphatic carbocycles. The maximum Gasteiger partial charge on any atom is 0.150 e. The average Bonchev–Trinajstić information content (AvgIpc) is 2.58. The van der Waals surface area contributed by atoms with E-state index >= 15 is 0 Å². The molecule has 4 bridgehead atoms. The van der Waals surface area contributed by atoms with Crippen molar-refractivity contribution in [2.24, 2.45) is 22.7 Å². The first-order valence-corrected chi connectivity index (χ1v) is 10.3. The number of benzene rings is 1. The first-order chi connectivity index (χ1) is 12.2. The van der Waals surface area contributed by atoms with Crippen LogP contribution in [0.25, 0.3) is 0 Å². The predicted octanol–water partition coefficient (Wildman–Crippen LogP) is 4.31. The van der Waals surface area contributed by atoms with E-state index < -0.39 is 0 Å². The summed E-state index contributed by atoms with van der Waals surface area (Å²) in [7, 11) is 0. The second kappa shape index (κ2) is 5.90. The molecule has 0 spiro atoms. The predicted molar refractivity (Wildman–Crippen MR) is 106 cm³/mol. The molecule has 0 N–H and O–H groups in total. The maximum absolute atomic E-state index is 13.6. The average molecular weight is 355 g/mol. The molecule has 0 saturated carbocycles.